The minimum atomic E-state index is -0.451. The Hall–Kier alpha value is -1.84. The summed E-state index contributed by atoms with van der Waals surface area (Å²) in [5.41, 5.74) is 1.43. The molecule has 0 spiro atoms. The molecule has 0 aliphatic rings. The Bertz CT molecular complexity index is 409. The van der Waals surface area contributed by atoms with Crippen molar-refractivity contribution in [1.82, 2.24) is 0 Å². The van der Waals surface area contributed by atoms with Crippen molar-refractivity contribution < 1.29 is 19.1 Å². The third-order valence-electron chi connectivity index (χ3n) is 2.17. The predicted octanol–water partition coefficient (Wildman–Crippen LogP) is 1.75. The van der Waals surface area contributed by atoms with E-state index in [2.05, 4.69) is 4.74 Å². The van der Waals surface area contributed by atoms with Gasteiger partial charge in [0, 0.05) is 5.56 Å². The summed E-state index contributed by atoms with van der Waals surface area (Å²) in [6.45, 7) is 3.17. The van der Waals surface area contributed by atoms with Crippen molar-refractivity contribution in [3.63, 3.8) is 0 Å². The smallest absolute Gasteiger partial charge is 0.343 e. The Morgan fingerprint density at radius 1 is 1.31 bits per heavy atom. The zero-order chi connectivity index (χ0) is 12.1. The van der Waals surface area contributed by atoms with Gasteiger partial charge < -0.3 is 9.47 Å². The number of esters is 1. The number of rotatable bonds is 4. The van der Waals surface area contributed by atoms with Crippen LogP contribution in [0.3, 0.4) is 0 Å². The Labute approximate surface area is 94.2 Å². The number of ether oxygens (including phenoxy) is 2. The van der Waals surface area contributed by atoms with Crippen molar-refractivity contribution >= 4 is 11.8 Å². The number of methoxy groups -OCH3 is 1. The van der Waals surface area contributed by atoms with Crippen molar-refractivity contribution in [2.24, 2.45) is 0 Å². The molecule has 4 nitrogen and oxygen atoms in total. The van der Waals surface area contributed by atoms with Gasteiger partial charge >= 0.3 is 5.97 Å². The highest BCUT2D eigenvalue weighted by Crippen LogP contribution is 2.19. The summed E-state index contributed by atoms with van der Waals surface area (Å²) < 4.78 is 9.71. The van der Waals surface area contributed by atoms with Crippen LogP contribution in [0.4, 0.5) is 0 Å². The fraction of sp³-hybridized carbons (Fsp3) is 0.333. The minimum absolute atomic E-state index is 0.0390. The van der Waals surface area contributed by atoms with E-state index in [-0.39, 0.29) is 12.4 Å². The molecule has 0 atom stereocenters. The number of aryl methyl sites for hydroxylation is 1. The largest absolute Gasteiger partial charge is 0.482 e. The molecule has 0 heterocycles. The first-order valence-electron chi connectivity index (χ1n) is 4.86. The molecular formula is C12H14O4. The first-order chi connectivity index (χ1) is 7.54. The van der Waals surface area contributed by atoms with E-state index >= 15 is 0 Å². The van der Waals surface area contributed by atoms with Gasteiger partial charge in [0.05, 0.1) is 7.11 Å². The van der Waals surface area contributed by atoms with Crippen molar-refractivity contribution in [2.45, 2.75) is 13.8 Å². The van der Waals surface area contributed by atoms with E-state index < -0.39 is 5.97 Å². The Balaban J connectivity index is 2.82. The number of hydrogen-bond donors (Lipinski definition) is 0. The van der Waals surface area contributed by atoms with Crippen molar-refractivity contribution in [3.8, 4) is 5.75 Å². The van der Waals surface area contributed by atoms with Crippen molar-refractivity contribution in [1.29, 1.82) is 0 Å². The van der Waals surface area contributed by atoms with Gasteiger partial charge in [-0.05, 0) is 25.5 Å². The van der Waals surface area contributed by atoms with Crippen LogP contribution in [0.5, 0.6) is 5.75 Å². The average molecular weight is 222 g/mol. The highest BCUT2D eigenvalue weighted by Gasteiger charge is 2.07. The van der Waals surface area contributed by atoms with Crippen LogP contribution in [0.2, 0.25) is 0 Å². The normalized spacial score (nSPS) is 9.69. The summed E-state index contributed by atoms with van der Waals surface area (Å²) in [5, 5.41) is 0. The van der Waals surface area contributed by atoms with E-state index in [4.69, 9.17) is 4.74 Å². The maximum atomic E-state index is 11.2. The van der Waals surface area contributed by atoms with Crippen LogP contribution in [0.15, 0.2) is 18.2 Å². The van der Waals surface area contributed by atoms with Gasteiger partial charge in [-0.25, -0.2) is 4.79 Å². The Kier molecular flexibility index (Phi) is 4.05. The highest BCUT2D eigenvalue weighted by molar-refractivity contribution is 5.94. The predicted molar refractivity (Wildman–Crippen MR) is 58.7 cm³/mol. The van der Waals surface area contributed by atoms with Gasteiger partial charge in [0.15, 0.2) is 12.4 Å². The second-order valence-corrected chi connectivity index (χ2v) is 3.40. The van der Waals surface area contributed by atoms with Crippen molar-refractivity contribution in [2.75, 3.05) is 13.7 Å². The summed E-state index contributed by atoms with van der Waals surface area (Å²) in [4.78, 5) is 22.1. The van der Waals surface area contributed by atoms with E-state index in [0.29, 0.717) is 11.3 Å². The zero-order valence-corrected chi connectivity index (χ0v) is 9.57. The van der Waals surface area contributed by atoms with Crippen molar-refractivity contribution in [3.05, 3.63) is 29.3 Å². The molecule has 0 amide bonds. The lowest BCUT2D eigenvalue weighted by molar-refractivity contribution is -0.142. The summed E-state index contributed by atoms with van der Waals surface area (Å²) >= 11 is 0. The molecular weight excluding hydrogens is 208 g/mol. The molecule has 1 aromatic carbocycles. The molecule has 0 radical (unpaired) electrons. The van der Waals surface area contributed by atoms with Gasteiger partial charge in [-0.15, -0.1) is 0 Å². The number of benzene rings is 1. The van der Waals surface area contributed by atoms with Gasteiger partial charge in [-0.2, -0.15) is 0 Å². The molecule has 0 saturated carbocycles. The monoisotopic (exact) mass is 222 g/mol. The molecule has 0 saturated heterocycles. The lowest BCUT2D eigenvalue weighted by Gasteiger charge is -2.08. The van der Waals surface area contributed by atoms with Crippen LogP contribution >= 0.6 is 0 Å². The summed E-state index contributed by atoms with van der Waals surface area (Å²) in [6, 6.07) is 5.13. The number of carbonyl (C=O) groups is 2. The van der Waals surface area contributed by atoms with Crippen LogP contribution in [0.1, 0.15) is 22.8 Å². The first-order valence-corrected chi connectivity index (χ1v) is 4.86. The van der Waals surface area contributed by atoms with Crippen LogP contribution < -0.4 is 4.74 Å². The summed E-state index contributed by atoms with van der Waals surface area (Å²) in [6.07, 6.45) is 0. The first kappa shape index (κ1) is 12.2. The fourth-order valence-electron chi connectivity index (χ4n) is 1.17. The number of hydrogen-bond acceptors (Lipinski definition) is 4. The van der Waals surface area contributed by atoms with Gasteiger partial charge in [0.2, 0.25) is 0 Å². The summed E-state index contributed by atoms with van der Waals surface area (Å²) in [7, 11) is 1.30. The average Bonchev–Trinajstić information content (AvgIpc) is 2.27. The van der Waals surface area contributed by atoms with Crippen LogP contribution in [-0.4, -0.2) is 25.5 Å². The molecule has 0 aliphatic carbocycles. The van der Waals surface area contributed by atoms with Gasteiger partial charge in [-0.1, -0.05) is 12.1 Å². The minimum Gasteiger partial charge on any atom is -0.482 e. The molecule has 86 valence electrons. The lowest BCUT2D eigenvalue weighted by atomic mass is 10.1. The third kappa shape index (κ3) is 3.08. The van der Waals surface area contributed by atoms with Gasteiger partial charge in [-0.3, -0.25) is 4.79 Å². The summed E-state index contributed by atoms with van der Waals surface area (Å²) in [5.74, 6) is 0.0358. The van der Waals surface area contributed by atoms with E-state index in [1.807, 2.05) is 6.92 Å². The fourth-order valence-corrected chi connectivity index (χ4v) is 1.17. The second-order valence-electron chi connectivity index (χ2n) is 3.40. The zero-order valence-electron chi connectivity index (χ0n) is 9.57. The highest BCUT2D eigenvalue weighted by atomic mass is 16.6. The van der Waals surface area contributed by atoms with Gasteiger partial charge in [0.25, 0.3) is 0 Å². The lowest BCUT2D eigenvalue weighted by Crippen LogP contribution is -2.13. The maximum absolute atomic E-state index is 11.2. The molecule has 16 heavy (non-hydrogen) atoms. The Morgan fingerprint density at radius 3 is 2.56 bits per heavy atom. The van der Waals surface area contributed by atoms with E-state index in [9.17, 15) is 9.59 Å². The molecule has 0 aliphatic heterocycles. The SMILES string of the molecule is COC(=O)COc1cc(C(C)=O)ccc1C. The molecule has 1 aromatic rings. The van der Waals surface area contributed by atoms with Crippen LogP contribution in [0.25, 0.3) is 0 Å². The van der Waals surface area contributed by atoms with E-state index in [1.165, 1.54) is 14.0 Å². The molecule has 1 rings (SSSR count). The molecule has 4 heteroatoms. The molecule has 0 N–H and O–H groups in total. The number of carbonyl (C=O) groups excluding carboxylic acids is 2. The van der Waals surface area contributed by atoms with Crippen LogP contribution in [0, 0.1) is 6.92 Å². The molecule has 0 unspecified atom stereocenters. The van der Waals surface area contributed by atoms with Gasteiger partial charge in [0.1, 0.15) is 5.75 Å². The molecule has 0 bridgehead atoms. The topological polar surface area (TPSA) is 52.6 Å². The third-order valence-corrected chi connectivity index (χ3v) is 2.17. The second kappa shape index (κ2) is 5.30. The molecule has 0 fully saturated rings. The standard InChI is InChI=1S/C12H14O4/c1-8-4-5-10(9(2)13)6-11(8)16-7-12(14)15-3/h4-6H,7H2,1-3H3. The van der Waals surface area contributed by atoms with E-state index in [1.54, 1.807) is 18.2 Å². The number of ketones is 1. The number of Topliss-reactive ketones (excluding diaryl/α,β-unsaturated/α-hetero) is 1. The van der Waals surface area contributed by atoms with E-state index in [0.717, 1.165) is 5.56 Å². The molecule has 0 aromatic heterocycles. The quantitative estimate of drug-likeness (QED) is 0.575. The van der Waals surface area contributed by atoms with Crippen LogP contribution in [-0.2, 0) is 9.53 Å². The maximum Gasteiger partial charge on any atom is 0.343 e. The Morgan fingerprint density at radius 2 is 2.00 bits per heavy atom.